The van der Waals surface area contributed by atoms with Crippen LogP contribution in [-0.4, -0.2) is 59.4 Å². The van der Waals surface area contributed by atoms with Crippen molar-refractivity contribution < 1.29 is 27.5 Å². The second-order valence-corrected chi connectivity index (χ2v) is 7.95. The molecule has 0 spiro atoms. The maximum absolute atomic E-state index is 13.0. The van der Waals surface area contributed by atoms with E-state index in [-0.39, 0.29) is 29.5 Å². The molecule has 1 aliphatic rings. The third-order valence-corrected chi connectivity index (χ3v) is 5.54. The van der Waals surface area contributed by atoms with Crippen LogP contribution in [0.1, 0.15) is 46.6 Å². The first-order valence-electron chi connectivity index (χ1n) is 10.9. The number of carbonyl (C=O) groups excluding carboxylic acids is 2. The van der Waals surface area contributed by atoms with E-state index in [0.29, 0.717) is 24.3 Å². The zero-order valence-electron chi connectivity index (χ0n) is 19.4. The van der Waals surface area contributed by atoms with Crippen LogP contribution < -0.4 is 15.8 Å². The molecule has 2 heterocycles. The Labute approximate surface area is 200 Å². The fourth-order valence-electron chi connectivity index (χ4n) is 3.83. The van der Waals surface area contributed by atoms with Crippen LogP contribution in [0.15, 0.2) is 30.9 Å². The molecule has 0 bridgehead atoms. The first kappa shape index (κ1) is 25.7. The summed E-state index contributed by atoms with van der Waals surface area (Å²) in [5.74, 6) is 4.83. The predicted octanol–water partition coefficient (Wildman–Crippen LogP) is 2.89. The highest BCUT2D eigenvalue weighted by atomic mass is 19.4. The van der Waals surface area contributed by atoms with E-state index in [9.17, 15) is 22.8 Å². The Balaban J connectivity index is 2.07. The molecule has 0 aliphatic carbocycles. The van der Waals surface area contributed by atoms with E-state index in [1.807, 2.05) is 19.1 Å². The van der Waals surface area contributed by atoms with Gasteiger partial charge in [0.25, 0.3) is 5.91 Å². The highest BCUT2D eigenvalue weighted by Crippen LogP contribution is 2.30. The number of hydrogen-bond donors (Lipinski definition) is 2. The van der Waals surface area contributed by atoms with Gasteiger partial charge in [0.05, 0.1) is 13.2 Å². The average Bonchev–Trinajstić information content (AvgIpc) is 3.45. The Kier molecular flexibility index (Phi) is 7.74. The number of nitrogens with two attached hydrogens (primary N) is 1. The normalized spacial score (nSPS) is 15.3. The van der Waals surface area contributed by atoms with Gasteiger partial charge in [0.2, 0.25) is 5.91 Å². The van der Waals surface area contributed by atoms with Gasteiger partial charge >= 0.3 is 6.18 Å². The van der Waals surface area contributed by atoms with Gasteiger partial charge < -0.3 is 20.7 Å². The number of nitrogens with one attached hydrogen (secondary N) is 1. The number of methoxy groups -OCH3 is 1. The first-order chi connectivity index (χ1) is 16.6. The molecule has 3 N–H and O–H groups in total. The molecule has 1 aromatic heterocycles. The summed E-state index contributed by atoms with van der Waals surface area (Å²) >= 11 is 0. The topological polar surface area (TPSA) is 102 Å². The van der Waals surface area contributed by atoms with Crippen molar-refractivity contribution in [3.63, 3.8) is 0 Å². The van der Waals surface area contributed by atoms with Gasteiger partial charge in [-0.1, -0.05) is 19.4 Å². The molecule has 0 radical (unpaired) electrons. The lowest BCUT2D eigenvalue weighted by Crippen LogP contribution is -2.28. The molecule has 0 saturated carbocycles. The smallest absolute Gasteiger partial charge is 0.405 e. The average molecular weight is 489 g/mol. The molecule has 1 aliphatic heterocycles. The maximum Gasteiger partial charge on any atom is 0.405 e. The van der Waals surface area contributed by atoms with Crippen molar-refractivity contribution in [3.8, 4) is 17.6 Å². The Morgan fingerprint density at radius 2 is 2.09 bits per heavy atom. The number of halogens is 3. The number of primary amides is 1. The fourth-order valence-corrected chi connectivity index (χ4v) is 3.83. The van der Waals surface area contributed by atoms with Gasteiger partial charge in [0, 0.05) is 18.7 Å². The molecular weight excluding hydrogens is 463 g/mol. The standard InChI is InChI=1S/C24H26F3N5O3/c1-4-15-10-16(12-18(11-15)35-3)6-7-19-21(22(28)34)23(29-14-24(25,26)27)32(30-19)17-8-9-31(13-17)20(33)5-2/h5,10-12,17,29H,2,4,8-9,13-14H2,1,3H3,(H2,28,34)/t17-/m0/s1. The number of aromatic nitrogens is 2. The molecule has 8 nitrogen and oxygen atoms in total. The summed E-state index contributed by atoms with van der Waals surface area (Å²) in [6.45, 7) is 4.58. The van der Waals surface area contributed by atoms with Gasteiger partial charge in [-0.15, -0.1) is 0 Å². The van der Waals surface area contributed by atoms with Crippen LogP contribution in [0.25, 0.3) is 0 Å². The zero-order valence-corrected chi connectivity index (χ0v) is 19.4. The summed E-state index contributed by atoms with van der Waals surface area (Å²) in [5, 5.41) is 6.61. The molecule has 35 heavy (non-hydrogen) atoms. The predicted molar refractivity (Wildman–Crippen MR) is 124 cm³/mol. The SMILES string of the molecule is C=CC(=O)N1CC[C@H](n2nc(C#Cc3cc(CC)cc(OC)c3)c(C(N)=O)c2NCC(F)(F)F)C1. The number of hydrogen-bond acceptors (Lipinski definition) is 5. The summed E-state index contributed by atoms with van der Waals surface area (Å²) < 4.78 is 45.6. The van der Waals surface area contributed by atoms with Crippen LogP contribution in [0.5, 0.6) is 5.75 Å². The van der Waals surface area contributed by atoms with E-state index in [4.69, 9.17) is 10.5 Å². The van der Waals surface area contributed by atoms with E-state index >= 15 is 0 Å². The molecule has 186 valence electrons. The third-order valence-electron chi connectivity index (χ3n) is 5.54. The van der Waals surface area contributed by atoms with Crippen molar-refractivity contribution in [3.05, 3.63) is 53.2 Å². The fraction of sp³-hybridized carbons (Fsp3) is 0.375. The summed E-state index contributed by atoms with van der Waals surface area (Å²) in [4.78, 5) is 25.8. The van der Waals surface area contributed by atoms with Gasteiger partial charge in [0.1, 0.15) is 23.7 Å². The van der Waals surface area contributed by atoms with Crippen LogP contribution in [0.4, 0.5) is 19.0 Å². The number of carbonyl (C=O) groups is 2. The second-order valence-electron chi connectivity index (χ2n) is 7.95. The van der Waals surface area contributed by atoms with Crippen LogP contribution in [-0.2, 0) is 11.2 Å². The third kappa shape index (κ3) is 6.15. The van der Waals surface area contributed by atoms with E-state index in [1.54, 1.807) is 6.07 Å². The highest BCUT2D eigenvalue weighted by Gasteiger charge is 2.34. The van der Waals surface area contributed by atoms with Crippen molar-refractivity contribution in [1.29, 1.82) is 0 Å². The number of ether oxygens (including phenoxy) is 1. The highest BCUT2D eigenvalue weighted by molar-refractivity contribution is 6.00. The lowest BCUT2D eigenvalue weighted by Gasteiger charge is -2.18. The zero-order chi connectivity index (χ0) is 25.8. The maximum atomic E-state index is 13.0. The first-order valence-corrected chi connectivity index (χ1v) is 10.9. The molecule has 1 fully saturated rings. The molecule has 2 amide bonds. The summed E-state index contributed by atoms with van der Waals surface area (Å²) in [6, 6.07) is 4.93. The molecule has 1 saturated heterocycles. The molecule has 1 aromatic carbocycles. The number of anilines is 1. The van der Waals surface area contributed by atoms with Gasteiger partial charge in [-0.25, -0.2) is 4.68 Å². The Hall–Kier alpha value is -3.94. The summed E-state index contributed by atoms with van der Waals surface area (Å²) in [6.07, 6.45) is -2.23. The minimum Gasteiger partial charge on any atom is -0.497 e. The molecule has 2 aromatic rings. The number of alkyl halides is 3. The number of likely N-dealkylation sites (tertiary alicyclic amines) is 1. The van der Waals surface area contributed by atoms with Crippen LogP contribution in [0, 0.1) is 11.8 Å². The minimum atomic E-state index is -4.55. The monoisotopic (exact) mass is 489 g/mol. The quantitative estimate of drug-likeness (QED) is 0.460. The van der Waals surface area contributed by atoms with Crippen molar-refractivity contribution in [2.45, 2.75) is 32.0 Å². The summed E-state index contributed by atoms with van der Waals surface area (Å²) in [5.41, 5.74) is 6.80. The number of rotatable bonds is 7. The minimum absolute atomic E-state index is 0.0588. The van der Waals surface area contributed by atoms with E-state index in [1.165, 1.54) is 22.8 Å². The Morgan fingerprint density at radius 3 is 2.69 bits per heavy atom. The van der Waals surface area contributed by atoms with Gasteiger partial charge in [-0.2, -0.15) is 18.3 Å². The van der Waals surface area contributed by atoms with Crippen LogP contribution >= 0.6 is 0 Å². The number of amides is 2. The Morgan fingerprint density at radius 1 is 1.34 bits per heavy atom. The van der Waals surface area contributed by atoms with Crippen molar-refractivity contribution in [2.24, 2.45) is 5.73 Å². The van der Waals surface area contributed by atoms with Gasteiger partial charge in [-0.3, -0.25) is 9.59 Å². The molecule has 1 atom stereocenters. The van der Waals surface area contributed by atoms with E-state index in [0.717, 1.165) is 12.0 Å². The second kappa shape index (κ2) is 10.5. The lowest BCUT2D eigenvalue weighted by molar-refractivity contribution is -0.125. The van der Waals surface area contributed by atoms with E-state index in [2.05, 4.69) is 28.8 Å². The number of benzene rings is 1. The van der Waals surface area contributed by atoms with Crippen molar-refractivity contribution >= 4 is 17.6 Å². The molecular formula is C24H26F3N5O3. The number of nitrogens with zero attached hydrogens (tertiary/aromatic N) is 3. The lowest BCUT2D eigenvalue weighted by atomic mass is 10.1. The summed E-state index contributed by atoms with van der Waals surface area (Å²) in [7, 11) is 1.53. The molecule has 3 rings (SSSR count). The Bertz CT molecular complexity index is 1170. The molecule has 0 unspecified atom stereocenters. The van der Waals surface area contributed by atoms with Crippen LogP contribution in [0.3, 0.4) is 0 Å². The van der Waals surface area contributed by atoms with Crippen LogP contribution in [0.2, 0.25) is 0 Å². The van der Waals surface area contributed by atoms with Gasteiger partial charge in [-0.05, 0) is 48.6 Å². The molecule has 11 heteroatoms. The van der Waals surface area contributed by atoms with Gasteiger partial charge in [0.15, 0.2) is 5.69 Å². The number of aryl methyl sites for hydroxylation is 1. The largest absolute Gasteiger partial charge is 0.497 e. The van der Waals surface area contributed by atoms with Crippen molar-refractivity contribution in [1.82, 2.24) is 14.7 Å². The van der Waals surface area contributed by atoms with E-state index < -0.39 is 24.7 Å². The van der Waals surface area contributed by atoms with Crippen molar-refractivity contribution in [2.75, 3.05) is 32.1 Å².